The summed E-state index contributed by atoms with van der Waals surface area (Å²) in [4.78, 5) is 1.33. The first-order valence-corrected chi connectivity index (χ1v) is 9.52. The molecule has 0 aliphatic carbocycles. The van der Waals surface area contributed by atoms with Crippen molar-refractivity contribution < 1.29 is 0 Å². The van der Waals surface area contributed by atoms with Gasteiger partial charge in [-0.2, -0.15) is 0 Å². The number of rotatable bonds is 4. The van der Waals surface area contributed by atoms with E-state index in [9.17, 15) is 0 Å². The Morgan fingerprint density at radius 1 is 1.19 bits per heavy atom. The molecule has 1 aromatic carbocycles. The van der Waals surface area contributed by atoms with E-state index in [2.05, 4.69) is 95.2 Å². The Morgan fingerprint density at radius 3 is 2.38 bits per heavy atom. The van der Waals surface area contributed by atoms with E-state index >= 15 is 0 Å². The van der Waals surface area contributed by atoms with E-state index in [0.29, 0.717) is 0 Å². The van der Waals surface area contributed by atoms with Crippen LogP contribution in [-0.4, -0.2) is 6.54 Å². The zero-order chi connectivity index (χ0) is 15.6. The number of hydrogen-bond acceptors (Lipinski definition) is 2. The molecule has 1 aromatic heterocycles. The van der Waals surface area contributed by atoms with E-state index in [-0.39, 0.29) is 11.5 Å². The van der Waals surface area contributed by atoms with Gasteiger partial charge < -0.3 is 5.32 Å². The molecule has 1 heterocycles. The van der Waals surface area contributed by atoms with Gasteiger partial charge in [-0.25, -0.2) is 0 Å². The first kappa shape index (κ1) is 17.2. The van der Waals surface area contributed by atoms with Crippen LogP contribution in [0.3, 0.4) is 0 Å². The van der Waals surface area contributed by atoms with Gasteiger partial charge in [0.15, 0.2) is 0 Å². The third-order valence-corrected chi connectivity index (χ3v) is 6.76. The van der Waals surface area contributed by atoms with Crippen LogP contribution in [0.15, 0.2) is 38.6 Å². The van der Waals surface area contributed by atoms with Crippen molar-refractivity contribution in [2.45, 2.75) is 39.2 Å². The molecule has 0 fully saturated rings. The molecule has 114 valence electrons. The SMILES string of the molecule is CCNC(c1cc(Br)c(Br)s1)c1ccccc1C(C)(C)C. The molecule has 1 atom stereocenters. The van der Waals surface area contributed by atoms with E-state index in [1.807, 2.05) is 0 Å². The first-order chi connectivity index (χ1) is 9.84. The third-order valence-electron chi connectivity index (χ3n) is 3.44. The molecule has 2 aromatic rings. The van der Waals surface area contributed by atoms with E-state index in [1.165, 1.54) is 16.0 Å². The van der Waals surface area contributed by atoms with Crippen molar-refractivity contribution in [3.05, 3.63) is 54.6 Å². The molecule has 2 rings (SSSR count). The van der Waals surface area contributed by atoms with Gasteiger partial charge in [-0.1, -0.05) is 52.0 Å². The minimum atomic E-state index is 0.135. The van der Waals surface area contributed by atoms with Crippen LogP contribution in [0.25, 0.3) is 0 Å². The zero-order valence-corrected chi connectivity index (χ0v) is 16.8. The predicted octanol–water partition coefficient (Wildman–Crippen LogP) is 6.27. The lowest BCUT2D eigenvalue weighted by atomic mass is 9.81. The Labute approximate surface area is 148 Å². The maximum atomic E-state index is 3.64. The molecule has 1 N–H and O–H groups in total. The minimum absolute atomic E-state index is 0.135. The largest absolute Gasteiger partial charge is 0.306 e. The first-order valence-electron chi connectivity index (χ1n) is 7.12. The second-order valence-corrected chi connectivity index (χ2v) is 9.35. The Bertz CT molecular complexity index is 594. The Hall–Kier alpha value is -0.160. The van der Waals surface area contributed by atoms with Gasteiger partial charge in [-0.15, -0.1) is 11.3 Å². The van der Waals surface area contributed by atoms with Crippen LogP contribution in [0, 0.1) is 0 Å². The molecule has 0 saturated carbocycles. The van der Waals surface area contributed by atoms with Crippen molar-refractivity contribution in [1.29, 1.82) is 0 Å². The highest BCUT2D eigenvalue weighted by Gasteiger charge is 2.24. The van der Waals surface area contributed by atoms with Crippen molar-refractivity contribution in [3.63, 3.8) is 0 Å². The lowest BCUT2D eigenvalue weighted by Crippen LogP contribution is -2.25. The van der Waals surface area contributed by atoms with Crippen LogP contribution < -0.4 is 5.32 Å². The van der Waals surface area contributed by atoms with Gasteiger partial charge in [-0.05, 0) is 61.0 Å². The molecule has 0 bridgehead atoms. The highest BCUT2D eigenvalue weighted by molar-refractivity contribution is 9.13. The van der Waals surface area contributed by atoms with Gasteiger partial charge in [0.05, 0.1) is 9.83 Å². The highest BCUT2D eigenvalue weighted by atomic mass is 79.9. The molecule has 0 amide bonds. The summed E-state index contributed by atoms with van der Waals surface area (Å²) in [5.41, 5.74) is 2.90. The normalized spacial score (nSPS) is 13.4. The fourth-order valence-electron chi connectivity index (χ4n) is 2.51. The topological polar surface area (TPSA) is 12.0 Å². The minimum Gasteiger partial charge on any atom is -0.306 e. The predicted molar refractivity (Wildman–Crippen MR) is 100 cm³/mol. The summed E-state index contributed by atoms with van der Waals surface area (Å²) < 4.78 is 2.27. The van der Waals surface area contributed by atoms with E-state index < -0.39 is 0 Å². The summed E-state index contributed by atoms with van der Waals surface area (Å²) in [5.74, 6) is 0. The van der Waals surface area contributed by atoms with Crippen LogP contribution in [0.1, 0.15) is 49.7 Å². The molecule has 1 nitrogen and oxygen atoms in total. The molecular formula is C17H21Br2NS. The number of thiophene rings is 1. The second kappa shape index (κ2) is 6.95. The fraction of sp³-hybridized carbons (Fsp3) is 0.412. The van der Waals surface area contributed by atoms with Crippen molar-refractivity contribution in [2.24, 2.45) is 0 Å². The Morgan fingerprint density at radius 2 is 1.86 bits per heavy atom. The lowest BCUT2D eigenvalue weighted by Gasteiger charge is -2.27. The molecule has 0 radical (unpaired) electrons. The van der Waals surface area contributed by atoms with Crippen molar-refractivity contribution >= 4 is 43.2 Å². The average Bonchev–Trinajstić information content (AvgIpc) is 2.75. The summed E-state index contributed by atoms with van der Waals surface area (Å²) in [7, 11) is 0. The van der Waals surface area contributed by atoms with Gasteiger partial charge in [0.2, 0.25) is 0 Å². The molecule has 21 heavy (non-hydrogen) atoms. The number of halogens is 2. The van der Waals surface area contributed by atoms with Gasteiger partial charge in [0.25, 0.3) is 0 Å². The molecule has 1 unspecified atom stereocenters. The average molecular weight is 431 g/mol. The summed E-state index contributed by atoms with van der Waals surface area (Å²) >= 11 is 9.00. The van der Waals surface area contributed by atoms with E-state index in [1.54, 1.807) is 11.3 Å². The Kier molecular flexibility index (Phi) is 5.69. The number of benzene rings is 1. The monoisotopic (exact) mass is 429 g/mol. The van der Waals surface area contributed by atoms with Gasteiger partial charge >= 0.3 is 0 Å². The molecule has 0 spiro atoms. The number of hydrogen-bond donors (Lipinski definition) is 1. The van der Waals surface area contributed by atoms with Crippen LogP contribution in [0.5, 0.6) is 0 Å². The highest BCUT2D eigenvalue weighted by Crippen LogP contribution is 2.40. The molecular weight excluding hydrogens is 410 g/mol. The molecule has 0 aliphatic heterocycles. The lowest BCUT2D eigenvalue weighted by molar-refractivity contribution is 0.559. The maximum Gasteiger partial charge on any atom is 0.0843 e. The second-order valence-electron chi connectivity index (χ2n) is 6.10. The van der Waals surface area contributed by atoms with E-state index in [4.69, 9.17) is 0 Å². The van der Waals surface area contributed by atoms with E-state index in [0.717, 1.165) is 14.8 Å². The van der Waals surface area contributed by atoms with Crippen LogP contribution in [0.2, 0.25) is 0 Å². The summed E-state index contributed by atoms with van der Waals surface area (Å²) in [5, 5.41) is 3.64. The maximum absolute atomic E-state index is 3.64. The Balaban J connectivity index is 2.53. The van der Waals surface area contributed by atoms with Gasteiger partial charge in [0, 0.05) is 9.35 Å². The smallest absolute Gasteiger partial charge is 0.0843 e. The zero-order valence-electron chi connectivity index (χ0n) is 12.8. The molecule has 0 aliphatic rings. The molecule has 0 saturated heterocycles. The van der Waals surface area contributed by atoms with Gasteiger partial charge in [-0.3, -0.25) is 0 Å². The third kappa shape index (κ3) is 3.98. The standard InChI is InChI=1S/C17H21Br2NS/c1-5-20-15(14-10-13(18)16(19)21-14)11-8-6-7-9-12(11)17(2,3)4/h6-10,15,20H,5H2,1-4H3. The van der Waals surface area contributed by atoms with Crippen LogP contribution >= 0.6 is 43.2 Å². The van der Waals surface area contributed by atoms with Crippen LogP contribution in [0.4, 0.5) is 0 Å². The van der Waals surface area contributed by atoms with Crippen molar-refractivity contribution in [2.75, 3.05) is 6.54 Å². The summed E-state index contributed by atoms with van der Waals surface area (Å²) in [6.07, 6.45) is 0. The summed E-state index contributed by atoms with van der Waals surface area (Å²) in [6, 6.07) is 11.2. The molecule has 4 heteroatoms. The fourth-order valence-corrected chi connectivity index (χ4v) is 4.69. The summed E-state index contributed by atoms with van der Waals surface area (Å²) in [6.45, 7) is 9.92. The van der Waals surface area contributed by atoms with Gasteiger partial charge in [0.1, 0.15) is 0 Å². The van der Waals surface area contributed by atoms with Crippen molar-refractivity contribution in [3.8, 4) is 0 Å². The number of nitrogens with one attached hydrogen (secondary N) is 1. The van der Waals surface area contributed by atoms with Crippen LogP contribution in [-0.2, 0) is 5.41 Å². The van der Waals surface area contributed by atoms with Crippen molar-refractivity contribution in [1.82, 2.24) is 5.32 Å². The quantitative estimate of drug-likeness (QED) is 0.602.